The van der Waals surface area contributed by atoms with Crippen molar-refractivity contribution in [3.05, 3.63) is 71.3 Å². The summed E-state index contributed by atoms with van der Waals surface area (Å²) >= 11 is 0. The monoisotopic (exact) mass is 409 g/mol. The van der Waals surface area contributed by atoms with Crippen molar-refractivity contribution in [2.24, 2.45) is 5.92 Å². The molecule has 3 atom stereocenters. The van der Waals surface area contributed by atoms with E-state index in [1.807, 2.05) is 66.7 Å². The lowest BCUT2D eigenvalue weighted by molar-refractivity contribution is -0.184. The highest BCUT2D eigenvalue weighted by molar-refractivity contribution is 5.85. The van der Waals surface area contributed by atoms with Gasteiger partial charge in [-0.2, -0.15) is 5.06 Å². The van der Waals surface area contributed by atoms with Crippen LogP contribution in [0.4, 0.5) is 0 Å². The summed E-state index contributed by atoms with van der Waals surface area (Å²) in [6, 6.07) is 17.4. The highest BCUT2D eigenvalue weighted by Crippen LogP contribution is 2.39. The molecule has 0 radical (unpaired) electrons. The fourth-order valence-corrected chi connectivity index (χ4v) is 3.59. The number of rotatable bonds is 7. The lowest BCUT2D eigenvalue weighted by Gasteiger charge is -2.22. The van der Waals surface area contributed by atoms with E-state index in [4.69, 9.17) is 14.3 Å². The van der Waals surface area contributed by atoms with Gasteiger partial charge in [0.25, 0.3) is 0 Å². The standard InChI is InChI=1S/C24H27NO5/c1-4-28-23(26)20-21(25(3)30-22(20)24(27)29-5-2)19-15-13-18(14-16-19)12-11-17-9-7-6-8-10-17/h6-16,20-22H,4-5H2,1-3H3/b12-11+/t20-,21-,22-/m0/s1. The number of hydrogen-bond acceptors (Lipinski definition) is 6. The van der Waals surface area contributed by atoms with Gasteiger partial charge >= 0.3 is 11.9 Å². The Kier molecular flexibility index (Phi) is 7.38. The van der Waals surface area contributed by atoms with Crippen LogP contribution in [0.5, 0.6) is 0 Å². The average Bonchev–Trinajstić information content (AvgIpc) is 3.11. The first-order chi connectivity index (χ1) is 14.5. The second-order valence-electron chi connectivity index (χ2n) is 6.96. The zero-order valence-electron chi connectivity index (χ0n) is 17.5. The Morgan fingerprint density at radius 1 is 0.900 bits per heavy atom. The van der Waals surface area contributed by atoms with Gasteiger partial charge < -0.3 is 9.47 Å². The molecule has 1 heterocycles. The van der Waals surface area contributed by atoms with Crippen LogP contribution in [0.1, 0.15) is 36.6 Å². The molecule has 0 aliphatic carbocycles. The number of benzene rings is 2. The summed E-state index contributed by atoms with van der Waals surface area (Å²) in [4.78, 5) is 30.7. The van der Waals surface area contributed by atoms with Gasteiger partial charge in [0.2, 0.25) is 0 Å². The van der Waals surface area contributed by atoms with Crippen molar-refractivity contribution < 1.29 is 23.9 Å². The van der Waals surface area contributed by atoms with E-state index in [1.54, 1.807) is 20.9 Å². The highest BCUT2D eigenvalue weighted by Gasteiger charge is 2.51. The topological polar surface area (TPSA) is 65.1 Å². The second-order valence-corrected chi connectivity index (χ2v) is 6.96. The summed E-state index contributed by atoms with van der Waals surface area (Å²) in [5, 5.41) is 1.54. The molecule has 0 saturated carbocycles. The number of esters is 2. The smallest absolute Gasteiger partial charge is 0.338 e. The SMILES string of the molecule is CCOC(=O)[C@@H]1[C@@H](C(=O)OCC)ON(C)[C@H]1c1ccc(/C=C/c2ccccc2)cc1. The normalized spacial score (nSPS) is 21.6. The Balaban J connectivity index is 1.83. The Hall–Kier alpha value is -2.96. The first-order valence-corrected chi connectivity index (χ1v) is 10.1. The highest BCUT2D eigenvalue weighted by atomic mass is 16.7. The van der Waals surface area contributed by atoms with Crippen LogP contribution < -0.4 is 0 Å². The van der Waals surface area contributed by atoms with Crippen LogP contribution in [-0.4, -0.2) is 43.4 Å². The molecule has 6 heteroatoms. The minimum absolute atomic E-state index is 0.213. The first-order valence-electron chi connectivity index (χ1n) is 10.1. The molecule has 1 aliphatic heterocycles. The van der Waals surface area contributed by atoms with E-state index >= 15 is 0 Å². The van der Waals surface area contributed by atoms with Gasteiger partial charge in [-0.3, -0.25) is 9.63 Å². The van der Waals surface area contributed by atoms with E-state index in [2.05, 4.69) is 0 Å². The lowest BCUT2D eigenvalue weighted by atomic mass is 9.89. The molecule has 158 valence electrons. The molecule has 6 nitrogen and oxygen atoms in total. The third kappa shape index (κ3) is 4.96. The molecule has 1 saturated heterocycles. The number of carbonyl (C=O) groups excluding carboxylic acids is 2. The number of nitrogens with zero attached hydrogens (tertiary/aromatic N) is 1. The number of carbonyl (C=O) groups is 2. The van der Waals surface area contributed by atoms with Gasteiger partial charge in [0.1, 0.15) is 5.92 Å². The molecule has 1 aliphatic rings. The van der Waals surface area contributed by atoms with Crippen molar-refractivity contribution in [1.29, 1.82) is 0 Å². The van der Waals surface area contributed by atoms with Crippen LogP contribution in [-0.2, 0) is 23.9 Å². The maximum Gasteiger partial charge on any atom is 0.338 e. The van der Waals surface area contributed by atoms with Gasteiger partial charge in [-0.25, -0.2) is 4.79 Å². The fraction of sp³-hybridized carbons (Fsp3) is 0.333. The molecular formula is C24H27NO5. The zero-order chi connectivity index (χ0) is 21.5. The van der Waals surface area contributed by atoms with E-state index in [1.165, 1.54) is 5.06 Å². The molecule has 0 spiro atoms. The van der Waals surface area contributed by atoms with Crippen LogP contribution in [0.2, 0.25) is 0 Å². The largest absolute Gasteiger partial charge is 0.466 e. The molecule has 2 aromatic carbocycles. The zero-order valence-corrected chi connectivity index (χ0v) is 17.5. The number of ether oxygens (including phenoxy) is 2. The summed E-state index contributed by atoms with van der Waals surface area (Å²) in [6.45, 7) is 3.89. The molecule has 2 aromatic rings. The van der Waals surface area contributed by atoms with Crippen LogP contribution >= 0.6 is 0 Å². The van der Waals surface area contributed by atoms with E-state index in [-0.39, 0.29) is 13.2 Å². The maximum absolute atomic E-state index is 12.7. The summed E-state index contributed by atoms with van der Waals surface area (Å²) in [7, 11) is 1.71. The predicted molar refractivity (Wildman–Crippen MR) is 114 cm³/mol. The number of hydrogen-bond donors (Lipinski definition) is 0. The summed E-state index contributed by atoms with van der Waals surface area (Å²) < 4.78 is 10.3. The third-order valence-electron chi connectivity index (χ3n) is 4.96. The third-order valence-corrected chi connectivity index (χ3v) is 4.96. The van der Waals surface area contributed by atoms with Gasteiger partial charge in [0, 0.05) is 7.05 Å². The second kappa shape index (κ2) is 10.2. The quantitative estimate of drug-likeness (QED) is 0.511. The molecule has 0 amide bonds. The summed E-state index contributed by atoms with van der Waals surface area (Å²) in [5.74, 6) is -1.84. The van der Waals surface area contributed by atoms with Crippen molar-refractivity contribution in [2.45, 2.75) is 26.0 Å². The molecule has 0 N–H and O–H groups in total. The van der Waals surface area contributed by atoms with Gasteiger partial charge in [0.15, 0.2) is 6.10 Å². The lowest BCUT2D eigenvalue weighted by Crippen LogP contribution is -2.36. The maximum atomic E-state index is 12.7. The van der Waals surface area contributed by atoms with Crippen molar-refractivity contribution in [3.63, 3.8) is 0 Å². The molecule has 0 unspecified atom stereocenters. The van der Waals surface area contributed by atoms with Crippen molar-refractivity contribution in [3.8, 4) is 0 Å². The van der Waals surface area contributed by atoms with Crippen LogP contribution in [0.3, 0.4) is 0 Å². The Bertz CT molecular complexity index is 878. The van der Waals surface area contributed by atoms with Gasteiger partial charge in [-0.15, -0.1) is 0 Å². The molecule has 30 heavy (non-hydrogen) atoms. The molecular weight excluding hydrogens is 382 g/mol. The van der Waals surface area contributed by atoms with Crippen LogP contribution in [0.15, 0.2) is 54.6 Å². The van der Waals surface area contributed by atoms with Crippen LogP contribution in [0, 0.1) is 5.92 Å². The van der Waals surface area contributed by atoms with E-state index in [9.17, 15) is 9.59 Å². The molecule has 3 rings (SSSR count). The van der Waals surface area contributed by atoms with Crippen molar-refractivity contribution in [1.82, 2.24) is 5.06 Å². The minimum atomic E-state index is -1.03. The Morgan fingerprint density at radius 3 is 2.07 bits per heavy atom. The van der Waals surface area contributed by atoms with E-state index in [0.29, 0.717) is 0 Å². The Labute approximate surface area is 177 Å². The molecule has 1 fully saturated rings. The average molecular weight is 409 g/mol. The molecule has 0 bridgehead atoms. The van der Waals surface area contributed by atoms with Crippen molar-refractivity contribution >= 4 is 24.1 Å². The summed E-state index contributed by atoms with van der Waals surface area (Å²) in [6.07, 6.45) is 3.03. The summed E-state index contributed by atoms with van der Waals surface area (Å²) in [5.41, 5.74) is 3.00. The van der Waals surface area contributed by atoms with Gasteiger partial charge in [-0.05, 0) is 30.5 Å². The number of hydroxylamine groups is 2. The van der Waals surface area contributed by atoms with Crippen molar-refractivity contribution in [2.75, 3.05) is 20.3 Å². The fourth-order valence-electron chi connectivity index (χ4n) is 3.59. The first kappa shape index (κ1) is 21.7. The van der Waals surface area contributed by atoms with Gasteiger partial charge in [-0.1, -0.05) is 66.7 Å². The van der Waals surface area contributed by atoms with Crippen LogP contribution in [0.25, 0.3) is 12.2 Å². The van der Waals surface area contributed by atoms with E-state index in [0.717, 1.165) is 16.7 Å². The predicted octanol–water partition coefficient (Wildman–Crippen LogP) is 3.89. The van der Waals surface area contributed by atoms with E-state index < -0.39 is 30.0 Å². The minimum Gasteiger partial charge on any atom is -0.466 e. The Morgan fingerprint density at radius 2 is 1.47 bits per heavy atom. The molecule has 0 aromatic heterocycles. The van der Waals surface area contributed by atoms with Gasteiger partial charge in [0.05, 0.1) is 19.3 Å².